The van der Waals surface area contributed by atoms with Crippen molar-refractivity contribution in [1.29, 1.82) is 0 Å². The van der Waals surface area contributed by atoms with Gasteiger partial charge in [-0.25, -0.2) is 0 Å². The Bertz CT molecular complexity index is 1720. The van der Waals surface area contributed by atoms with Crippen molar-refractivity contribution in [2.24, 2.45) is 5.92 Å². The van der Waals surface area contributed by atoms with Gasteiger partial charge in [0.05, 0.1) is 24.3 Å². The van der Waals surface area contributed by atoms with Crippen LogP contribution in [0.15, 0.2) is 60.8 Å². The van der Waals surface area contributed by atoms with Crippen molar-refractivity contribution in [3.63, 3.8) is 0 Å². The molecule has 8 rings (SSSR count). The van der Waals surface area contributed by atoms with Gasteiger partial charge in [0, 0.05) is 18.5 Å². The lowest BCUT2D eigenvalue weighted by Gasteiger charge is -2.60. The van der Waals surface area contributed by atoms with Crippen LogP contribution in [0, 0.1) is 5.92 Å². The Hall–Kier alpha value is -4.17. The molecule has 2 heterocycles. The third kappa shape index (κ3) is 3.67. The molecular formula is C34H31NO7. The van der Waals surface area contributed by atoms with Crippen molar-refractivity contribution >= 4 is 28.5 Å². The number of benzene rings is 3. The Balaban J connectivity index is 1.10. The first kappa shape index (κ1) is 25.5. The van der Waals surface area contributed by atoms with Gasteiger partial charge < -0.3 is 24.6 Å². The highest BCUT2D eigenvalue weighted by molar-refractivity contribution is 5.91. The van der Waals surface area contributed by atoms with E-state index >= 15 is 0 Å². The van der Waals surface area contributed by atoms with Crippen LogP contribution in [0.3, 0.4) is 0 Å². The number of hydrogen-bond acceptors (Lipinski definition) is 7. The first-order valence-corrected chi connectivity index (χ1v) is 14.7. The second kappa shape index (κ2) is 8.91. The highest BCUT2D eigenvalue weighted by Gasteiger charge is 2.72. The molecule has 3 aromatic rings. The zero-order valence-corrected chi connectivity index (χ0v) is 23.0. The minimum Gasteiger partial charge on any atom is -0.481 e. The van der Waals surface area contributed by atoms with E-state index in [4.69, 9.17) is 14.6 Å². The van der Waals surface area contributed by atoms with E-state index in [2.05, 4.69) is 11.1 Å². The number of hydrogen-bond donors (Lipinski definition) is 2. The number of rotatable bonds is 7. The molecule has 2 saturated carbocycles. The van der Waals surface area contributed by atoms with E-state index in [0.717, 1.165) is 34.0 Å². The maximum Gasteiger partial charge on any atom is 0.315 e. The molecule has 2 N–H and O–H groups in total. The van der Waals surface area contributed by atoms with Crippen molar-refractivity contribution in [1.82, 2.24) is 4.90 Å². The lowest BCUT2D eigenvalue weighted by Crippen LogP contribution is -2.73. The molecule has 8 nitrogen and oxygen atoms in total. The largest absolute Gasteiger partial charge is 0.481 e. The summed E-state index contributed by atoms with van der Waals surface area (Å²) in [5.74, 6) is -0.0709. The maximum absolute atomic E-state index is 13.3. The molecule has 5 aliphatic rings. The molecule has 2 bridgehead atoms. The van der Waals surface area contributed by atoms with Crippen LogP contribution in [-0.4, -0.2) is 57.1 Å². The number of fused-ring (bicyclic) bond motifs is 1. The van der Waals surface area contributed by atoms with Gasteiger partial charge in [-0.3, -0.25) is 14.4 Å². The van der Waals surface area contributed by atoms with E-state index in [-0.39, 0.29) is 36.8 Å². The monoisotopic (exact) mass is 565 g/mol. The van der Waals surface area contributed by atoms with Crippen molar-refractivity contribution in [3.8, 4) is 11.5 Å². The van der Waals surface area contributed by atoms with Gasteiger partial charge in [-0.15, -0.1) is 0 Å². The smallest absolute Gasteiger partial charge is 0.315 e. The van der Waals surface area contributed by atoms with Crippen LogP contribution >= 0.6 is 0 Å². The van der Waals surface area contributed by atoms with Crippen LogP contribution in [0.5, 0.6) is 11.5 Å². The van der Waals surface area contributed by atoms with Crippen LogP contribution in [0.2, 0.25) is 0 Å². The van der Waals surface area contributed by atoms with E-state index < -0.39 is 29.1 Å². The predicted molar refractivity (Wildman–Crippen MR) is 152 cm³/mol. The van der Waals surface area contributed by atoms with E-state index in [1.165, 1.54) is 12.8 Å². The predicted octanol–water partition coefficient (Wildman–Crippen LogP) is 3.87. The van der Waals surface area contributed by atoms with Gasteiger partial charge in [0.1, 0.15) is 5.60 Å². The number of carbonyl (C=O) groups is 3. The van der Waals surface area contributed by atoms with Crippen molar-refractivity contribution in [2.45, 2.75) is 68.1 Å². The summed E-state index contributed by atoms with van der Waals surface area (Å²) in [5, 5.41) is 23.3. The molecule has 3 aromatic carbocycles. The van der Waals surface area contributed by atoms with Crippen LogP contribution in [0.4, 0.5) is 0 Å². The molecule has 1 spiro atoms. The minimum absolute atomic E-state index is 0.0267. The second-order valence-corrected chi connectivity index (χ2v) is 12.6. The molecule has 2 aliphatic heterocycles. The third-order valence-electron chi connectivity index (χ3n) is 9.99. The Morgan fingerprint density at radius 2 is 1.76 bits per heavy atom. The van der Waals surface area contributed by atoms with Gasteiger partial charge in [-0.1, -0.05) is 48.5 Å². The lowest BCUT2D eigenvalue weighted by atomic mass is 9.50. The fraction of sp³-hybridized carbons (Fsp3) is 0.382. The zero-order chi connectivity index (χ0) is 28.8. The first-order valence-electron chi connectivity index (χ1n) is 14.7. The fourth-order valence-corrected chi connectivity index (χ4v) is 7.88. The highest BCUT2D eigenvalue weighted by Crippen LogP contribution is 2.64. The van der Waals surface area contributed by atoms with Crippen molar-refractivity contribution in [3.05, 3.63) is 83.1 Å². The number of carbonyl (C=O) groups excluding carboxylic acids is 2. The van der Waals surface area contributed by atoms with Crippen molar-refractivity contribution < 1.29 is 34.1 Å². The molecule has 2 fully saturated rings. The lowest BCUT2D eigenvalue weighted by molar-refractivity contribution is -0.161. The molecule has 0 amide bonds. The summed E-state index contributed by atoms with van der Waals surface area (Å²) in [6.45, 7) is 0.912. The van der Waals surface area contributed by atoms with Gasteiger partial charge in [0.2, 0.25) is 0 Å². The van der Waals surface area contributed by atoms with Gasteiger partial charge >= 0.3 is 11.9 Å². The normalized spacial score (nSPS) is 28.4. The molecule has 0 saturated heterocycles. The SMILES string of the molecule is O=C(O)Cc1ccc2cc(CC(=O)Oc3ccc4c5c3O[C@H]3C(=O)CC[C@@]6(O)[C@@H](C4)N(CC4CC4)C=C[C@]536)ccc2c1. The number of ether oxygens (including phenoxy) is 2. The topological polar surface area (TPSA) is 113 Å². The summed E-state index contributed by atoms with van der Waals surface area (Å²) in [5.41, 5.74) is 1.16. The number of carboxylic acid groups (broad SMARTS) is 1. The quantitative estimate of drug-likeness (QED) is 0.328. The molecule has 0 aromatic heterocycles. The van der Waals surface area contributed by atoms with Crippen LogP contribution < -0.4 is 9.47 Å². The van der Waals surface area contributed by atoms with E-state index in [0.29, 0.717) is 30.1 Å². The molecule has 0 radical (unpaired) electrons. The summed E-state index contributed by atoms with van der Waals surface area (Å²) >= 11 is 0. The number of esters is 1. The van der Waals surface area contributed by atoms with Crippen LogP contribution in [-0.2, 0) is 39.1 Å². The molecule has 42 heavy (non-hydrogen) atoms. The van der Waals surface area contributed by atoms with Crippen LogP contribution in [0.1, 0.15) is 47.9 Å². The standard InChI is InChI=1S/C34H31NO7/c36-25-9-10-34(40)27-17-24-7-8-26(31-30(24)33(34,32(25)42-31)11-12-35(27)18-19-1-2-19)41-29(39)16-21-4-6-22-13-20(15-28(37)38)3-5-23(22)14-21/h3-8,11-14,19,27,32,40H,1-2,9-10,15-18H2,(H,37,38)/t27-,32+,33+,34-/m1/s1. The summed E-state index contributed by atoms with van der Waals surface area (Å²) in [7, 11) is 0. The highest BCUT2D eigenvalue weighted by atomic mass is 16.6. The number of ketones is 1. The Kier molecular flexibility index (Phi) is 5.42. The van der Waals surface area contributed by atoms with Gasteiger partial charge in [-0.05, 0) is 71.3 Å². The van der Waals surface area contributed by atoms with E-state index in [1.54, 1.807) is 12.1 Å². The number of nitrogens with zero attached hydrogens (tertiary/aromatic N) is 1. The van der Waals surface area contributed by atoms with Gasteiger partial charge in [0.15, 0.2) is 23.4 Å². The Labute approximate surface area is 242 Å². The average Bonchev–Trinajstić information content (AvgIpc) is 3.69. The zero-order valence-electron chi connectivity index (χ0n) is 23.0. The first-order chi connectivity index (χ1) is 20.2. The molecule has 214 valence electrons. The van der Waals surface area contributed by atoms with Crippen molar-refractivity contribution in [2.75, 3.05) is 6.54 Å². The van der Waals surface area contributed by atoms with Crippen LogP contribution in [0.25, 0.3) is 10.8 Å². The number of aliphatic hydroxyl groups is 1. The summed E-state index contributed by atoms with van der Waals surface area (Å²) < 4.78 is 12.2. The summed E-state index contributed by atoms with van der Waals surface area (Å²) in [6, 6.07) is 14.7. The number of aliphatic carboxylic acids is 1. The number of Topliss-reactive ketones (excluding diaryl/α,β-unsaturated/α-hetero) is 1. The van der Waals surface area contributed by atoms with E-state index in [9.17, 15) is 19.5 Å². The molecule has 4 atom stereocenters. The molecule has 0 unspecified atom stereocenters. The molecular weight excluding hydrogens is 534 g/mol. The molecule has 3 aliphatic carbocycles. The Morgan fingerprint density at radius 3 is 2.48 bits per heavy atom. The second-order valence-electron chi connectivity index (χ2n) is 12.6. The van der Waals surface area contributed by atoms with E-state index in [1.807, 2.05) is 42.5 Å². The summed E-state index contributed by atoms with van der Waals surface area (Å²) in [4.78, 5) is 39.8. The Morgan fingerprint density at radius 1 is 1.02 bits per heavy atom. The molecule has 8 heteroatoms. The average molecular weight is 566 g/mol. The minimum atomic E-state index is -1.15. The maximum atomic E-state index is 13.3. The van der Waals surface area contributed by atoms with Gasteiger partial charge in [-0.2, -0.15) is 0 Å². The summed E-state index contributed by atoms with van der Waals surface area (Å²) in [6.07, 6.45) is 6.89. The third-order valence-corrected chi connectivity index (χ3v) is 9.99. The van der Waals surface area contributed by atoms with Gasteiger partial charge in [0.25, 0.3) is 0 Å². The number of carboxylic acids is 1. The fourth-order valence-electron chi connectivity index (χ4n) is 7.88.